The van der Waals surface area contributed by atoms with E-state index in [2.05, 4.69) is 0 Å². The lowest BCUT2D eigenvalue weighted by molar-refractivity contribution is -0.131. The summed E-state index contributed by atoms with van der Waals surface area (Å²) >= 11 is 0. The van der Waals surface area contributed by atoms with Crippen LogP contribution in [0.25, 0.3) is 0 Å². The van der Waals surface area contributed by atoms with Gasteiger partial charge in [0.15, 0.2) is 0 Å². The van der Waals surface area contributed by atoms with Crippen molar-refractivity contribution in [2.24, 2.45) is 5.92 Å². The zero-order chi connectivity index (χ0) is 12.3. The predicted octanol–water partition coefficient (Wildman–Crippen LogP) is 1.84. The summed E-state index contributed by atoms with van der Waals surface area (Å²) in [6, 6.07) is 9.78. The highest BCUT2D eigenvalue weighted by molar-refractivity contribution is 5.94. The molecule has 4 nitrogen and oxygen atoms in total. The van der Waals surface area contributed by atoms with Gasteiger partial charge < -0.3 is 4.74 Å². The van der Waals surface area contributed by atoms with Gasteiger partial charge in [-0.25, -0.2) is 9.69 Å². The number of imide groups is 1. The van der Waals surface area contributed by atoms with Gasteiger partial charge >= 0.3 is 6.09 Å². The molecule has 1 aromatic rings. The number of carbonyl (C=O) groups is 2. The molecule has 1 saturated heterocycles. The standard InChI is InChI=1S/C13H15NO3/c1-10(9-11-5-3-2-4-6-11)12(15)14-7-8-17-13(14)16/h2-6,10H,7-9H2,1H3. The molecule has 2 rings (SSSR count). The minimum Gasteiger partial charge on any atom is -0.447 e. The van der Waals surface area contributed by atoms with Crippen LogP contribution in [0.15, 0.2) is 30.3 Å². The molecule has 1 unspecified atom stereocenters. The van der Waals surface area contributed by atoms with E-state index in [1.54, 1.807) is 0 Å². The molecule has 0 bridgehead atoms. The summed E-state index contributed by atoms with van der Waals surface area (Å²) in [7, 11) is 0. The van der Waals surface area contributed by atoms with Crippen molar-refractivity contribution in [2.75, 3.05) is 13.2 Å². The van der Waals surface area contributed by atoms with E-state index in [0.29, 0.717) is 19.6 Å². The molecule has 1 aliphatic rings. The van der Waals surface area contributed by atoms with E-state index in [1.165, 1.54) is 4.90 Å². The molecular weight excluding hydrogens is 218 g/mol. The van der Waals surface area contributed by atoms with E-state index < -0.39 is 6.09 Å². The van der Waals surface area contributed by atoms with E-state index in [1.807, 2.05) is 37.3 Å². The Hall–Kier alpha value is -1.84. The Balaban J connectivity index is 1.98. The van der Waals surface area contributed by atoms with Gasteiger partial charge in [0.1, 0.15) is 6.61 Å². The largest absolute Gasteiger partial charge is 0.447 e. The Morgan fingerprint density at radius 2 is 2.12 bits per heavy atom. The molecule has 4 heteroatoms. The highest BCUT2D eigenvalue weighted by Gasteiger charge is 2.31. The molecule has 1 heterocycles. The van der Waals surface area contributed by atoms with Crippen LogP contribution >= 0.6 is 0 Å². The van der Waals surface area contributed by atoms with Gasteiger partial charge in [-0.05, 0) is 12.0 Å². The van der Waals surface area contributed by atoms with Crippen molar-refractivity contribution in [2.45, 2.75) is 13.3 Å². The van der Waals surface area contributed by atoms with Crippen LogP contribution in [0.1, 0.15) is 12.5 Å². The normalized spacial score (nSPS) is 16.8. The molecule has 0 saturated carbocycles. The summed E-state index contributed by atoms with van der Waals surface area (Å²) in [6.45, 7) is 2.51. The number of hydrogen-bond acceptors (Lipinski definition) is 3. The fraction of sp³-hybridized carbons (Fsp3) is 0.385. The van der Waals surface area contributed by atoms with Gasteiger partial charge in [-0.15, -0.1) is 0 Å². The maximum atomic E-state index is 12.0. The highest BCUT2D eigenvalue weighted by Crippen LogP contribution is 2.14. The number of rotatable bonds is 3. The number of ether oxygens (including phenoxy) is 1. The van der Waals surface area contributed by atoms with Gasteiger partial charge in [0, 0.05) is 5.92 Å². The third-order valence-corrected chi connectivity index (χ3v) is 2.83. The first kappa shape index (κ1) is 11.6. The minimum absolute atomic E-state index is 0.156. The minimum atomic E-state index is -0.519. The van der Waals surface area contributed by atoms with E-state index in [9.17, 15) is 9.59 Å². The monoisotopic (exact) mass is 233 g/mol. The second kappa shape index (κ2) is 4.99. The van der Waals surface area contributed by atoms with Crippen LogP contribution < -0.4 is 0 Å². The van der Waals surface area contributed by atoms with Crippen LogP contribution in [-0.4, -0.2) is 30.1 Å². The third kappa shape index (κ3) is 2.64. The van der Waals surface area contributed by atoms with E-state index in [0.717, 1.165) is 5.56 Å². The summed E-state index contributed by atoms with van der Waals surface area (Å²) in [5, 5.41) is 0. The van der Waals surface area contributed by atoms with Crippen LogP contribution in [-0.2, 0) is 16.0 Å². The number of cyclic esters (lactones) is 1. The molecule has 0 aliphatic carbocycles. The Labute approximate surface area is 100 Å². The quantitative estimate of drug-likeness (QED) is 0.800. The Morgan fingerprint density at radius 1 is 1.41 bits per heavy atom. The average Bonchev–Trinajstić information content (AvgIpc) is 2.76. The Kier molecular flexibility index (Phi) is 3.42. The first-order chi connectivity index (χ1) is 8.18. The van der Waals surface area contributed by atoms with Gasteiger partial charge in [-0.2, -0.15) is 0 Å². The molecule has 0 N–H and O–H groups in total. The molecule has 1 fully saturated rings. The van der Waals surface area contributed by atoms with Crippen molar-refractivity contribution < 1.29 is 14.3 Å². The van der Waals surface area contributed by atoms with Crippen LogP contribution in [0.2, 0.25) is 0 Å². The maximum Gasteiger partial charge on any atom is 0.416 e. The summed E-state index contributed by atoms with van der Waals surface area (Å²) < 4.78 is 4.75. The summed E-state index contributed by atoms with van der Waals surface area (Å²) in [6.07, 6.45) is 0.124. The van der Waals surface area contributed by atoms with Crippen molar-refractivity contribution in [1.29, 1.82) is 0 Å². The molecule has 0 aromatic heterocycles. The molecule has 1 aromatic carbocycles. The van der Waals surface area contributed by atoms with Crippen molar-refractivity contribution in [3.8, 4) is 0 Å². The van der Waals surface area contributed by atoms with E-state index in [4.69, 9.17) is 4.74 Å². The SMILES string of the molecule is CC(Cc1ccccc1)C(=O)N1CCOC1=O. The number of amides is 2. The second-order valence-corrected chi connectivity index (χ2v) is 4.20. The van der Waals surface area contributed by atoms with Crippen molar-refractivity contribution in [3.05, 3.63) is 35.9 Å². The van der Waals surface area contributed by atoms with Crippen molar-refractivity contribution in [1.82, 2.24) is 4.90 Å². The van der Waals surface area contributed by atoms with Gasteiger partial charge in [0.2, 0.25) is 5.91 Å². The lowest BCUT2D eigenvalue weighted by atomic mass is 10.00. The first-order valence-corrected chi connectivity index (χ1v) is 5.70. The van der Waals surface area contributed by atoms with E-state index in [-0.39, 0.29) is 11.8 Å². The summed E-state index contributed by atoms with van der Waals surface area (Å²) in [5.41, 5.74) is 1.10. The zero-order valence-electron chi connectivity index (χ0n) is 9.76. The second-order valence-electron chi connectivity index (χ2n) is 4.20. The summed E-state index contributed by atoms with van der Waals surface area (Å²) in [4.78, 5) is 24.4. The lowest BCUT2D eigenvalue weighted by Crippen LogP contribution is -2.36. The number of nitrogens with zero attached hydrogens (tertiary/aromatic N) is 1. The molecule has 90 valence electrons. The fourth-order valence-electron chi connectivity index (χ4n) is 1.91. The Bertz CT molecular complexity index is 416. The molecule has 1 atom stereocenters. The van der Waals surface area contributed by atoms with Crippen molar-refractivity contribution in [3.63, 3.8) is 0 Å². The highest BCUT2D eigenvalue weighted by atomic mass is 16.6. The van der Waals surface area contributed by atoms with Crippen molar-refractivity contribution >= 4 is 12.0 Å². The summed E-state index contributed by atoms with van der Waals surface area (Å²) in [5.74, 6) is -0.362. The van der Waals surface area contributed by atoms with Gasteiger partial charge in [-0.1, -0.05) is 37.3 Å². The zero-order valence-corrected chi connectivity index (χ0v) is 9.76. The third-order valence-electron chi connectivity index (χ3n) is 2.83. The van der Waals surface area contributed by atoms with Gasteiger partial charge in [0.05, 0.1) is 6.54 Å². The lowest BCUT2D eigenvalue weighted by Gasteiger charge is -2.16. The predicted molar refractivity (Wildman–Crippen MR) is 62.4 cm³/mol. The van der Waals surface area contributed by atoms with Crippen LogP contribution in [0.5, 0.6) is 0 Å². The molecule has 0 radical (unpaired) electrons. The topological polar surface area (TPSA) is 46.6 Å². The molecule has 17 heavy (non-hydrogen) atoms. The molecule has 2 amide bonds. The molecule has 0 spiro atoms. The first-order valence-electron chi connectivity index (χ1n) is 5.70. The van der Waals surface area contributed by atoms with Gasteiger partial charge in [0.25, 0.3) is 0 Å². The molecule has 1 aliphatic heterocycles. The number of hydrogen-bond donors (Lipinski definition) is 0. The smallest absolute Gasteiger partial charge is 0.416 e. The van der Waals surface area contributed by atoms with E-state index >= 15 is 0 Å². The molecular formula is C13H15NO3. The fourth-order valence-corrected chi connectivity index (χ4v) is 1.91. The van der Waals surface area contributed by atoms with Crippen LogP contribution in [0, 0.1) is 5.92 Å². The number of carbonyl (C=O) groups excluding carboxylic acids is 2. The van der Waals surface area contributed by atoms with Gasteiger partial charge in [-0.3, -0.25) is 4.79 Å². The number of benzene rings is 1. The van der Waals surface area contributed by atoms with Crippen LogP contribution in [0.3, 0.4) is 0 Å². The van der Waals surface area contributed by atoms with Crippen LogP contribution in [0.4, 0.5) is 4.79 Å². The maximum absolute atomic E-state index is 12.0. The Morgan fingerprint density at radius 3 is 2.71 bits per heavy atom. The average molecular weight is 233 g/mol.